The first-order valence-electron chi connectivity index (χ1n) is 6.71. The van der Waals surface area contributed by atoms with Gasteiger partial charge < -0.3 is 9.84 Å². The van der Waals surface area contributed by atoms with Crippen molar-refractivity contribution in [3.8, 4) is 5.75 Å². The number of ether oxygens (including phenoxy) is 1. The molecule has 0 amide bonds. The van der Waals surface area contributed by atoms with Crippen LogP contribution in [0.25, 0.3) is 0 Å². The van der Waals surface area contributed by atoms with Gasteiger partial charge in [0.1, 0.15) is 17.7 Å². The molecule has 3 heteroatoms. The Morgan fingerprint density at radius 1 is 1.20 bits per heavy atom. The molecule has 0 aliphatic heterocycles. The lowest BCUT2D eigenvalue weighted by Gasteiger charge is -2.18. The molecule has 2 nitrogen and oxygen atoms in total. The summed E-state index contributed by atoms with van der Waals surface area (Å²) in [5.41, 5.74) is 2.47. The first-order valence-corrected chi connectivity index (χ1v) is 6.71. The Kier molecular flexibility index (Phi) is 4.40. The molecular formula is C17H19FO2. The highest BCUT2D eigenvalue weighted by atomic mass is 19.1. The summed E-state index contributed by atoms with van der Waals surface area (Å²) in [6, 6.07) is 10.5. The van der Waals surface area contributed by atoms with Crippen LogP contribution in [0.15, 0.2) is 36.4 Å². The minimum Gasteiger partial charge on any atom is -0.493 e. The molecule has 0 bridgehead atoms. The van der Waals surface area contributed by atoms with Gasteiger partial charge in [-0.15, -0.1) is 0 Å². The van der Waals surface area contributed by atoms with E-state index in [0.29, 0.717) is 23.5 Å². The lowest BCUT2D eigenvalue weighted by molar-refractivity contribution is 0.206. The first kappa shape index (κ1) is 14.5. The fourth-order valence-corrected chi connectivity index (χ4v) is 2.42. The average Bonchev–Trinajstić information content (AvgIpc) is 2.38. The monoisotopic (exact) mass is 274 g/mol. The van der Waals surface area contributed by atoms with Gasteiger partial charge in [-0.05, 0) is 44.0 Å². The van der Waals surface area contributed by atoms with Gasteiger partial charge in [-0.1, -0.05) is 24.3 Å². The van der Waals surface area contributed by atoms with Gasteiger partial charge in [0.15, 0.2) is 0 Å². The average molecular weight is 274 g/mol. The van der Waals surface area contributed by atoms with E-state index in [1.165, 1.54) is 6.07 Å². The third kappa shape index (κ3) is 2.83. The molecule has 0 saturated heterocycles. The van der Waals surface area contributed by atoms with Crippen LogP contribution in [0.3, 0.4) is 0 Å². The van der Waals surface area contributed by atoms with Crippen molar-refractivity contribution in [2.24, 2.45) is 0 Å². The van der Waals surface area contributed by atoms with Gasteiger partial charge in [-0.3, -0.25) is 0 Å². The molecule has 2 aromatic rings. The Hall–Kier alpha value is -1.87. The second-order valence-corrected chi connectivity index (χ2v) is 4.85. The van der Waals surface area contributed by atoms with Gasteiger partial charge in [0.2, 0.25) is 0 Å². The Bertz CT molecular complexity index is 585. The second kappa shape index (κ2) is 6.06. The quantitative estimate of drug-likeness (QED) is 0.915. The van der Waals surface area contributed by atoms with Gasteiger partial charge in [0.25, 0.3) is 0 Å². The maximum atomic E-state index is 14.2. The number of aliphatic hydroxyl groups excluding tert-OH is 1. The third-order valence-electron chi connectivity index (χ3n) is 3.27. The summed E-state index contributed by atoms with van der Waals surface area (Å²) in [6.07, 6.45) is -1.03. The predicted octanol–water partition coefficient (Wildman–Crippen LogP) is 3.92. The number of benzene rings is 2. The van der Waals surface area contributed by atoms with Crippen molar-refractivity contribution in [1.82, 2.24) is 0 Å². The van der Waals surface area contributed by atoms with Crippen LogP contribution < -0.4 is 4.74 Å². The fourth-order valence-electron chi connectivity index (χ4n) is 2.42. The van der Waals surface area contributed by atoms with E-state index in [2.05, 4.69) is 0 Å². The van der Waals surface area contributed by atoms with Crippen LogP contribution in [0.5, 0.6) is 5.75 Å². The molecule has 2 rings (SSSR count). The Morgan fingerprint density at radius 3 is 2.55 bits per heavy atom. The van der Waals surface area contributed by atoms with E-state index < -0.39 is 6.10 Å². The smallest absolute Gasteiger partial charge is 0.129 e. The zero-order valence-electron chi connectivity index (χ0n) is 12.0. The van der Waals surface area contributed by atoms with Gasteiger partial charge >= 0.3 is 0 Å². The normalized spacial score (nSPS) is 12.2. The van der Waals surface area contributed by atoms with Crippen LogP contribution >= 0.6 is 0 Å². The number of halogens is 1. The number of hydrogen-bond acceptors (Lipinski definition) is 2. The number of rotatable bonds is 4. The molecule has 0 saturated carbocycles. The minimum atomic E-state index is -1.03. The number of aliphatic hydroxyl groups is 1. The second-order valence-electron chi connectivity index (χ2n) is 4.85. The summed E-state index contributed by atoms with van der Waals surface area (Å²) < 4.78 is 19.7. The van der Waals surface area contributed by atoms with Crippen molar-refractivity contribution in [2.45, 2.75) is 26.9 Å². The predicted molar refractivity (Wildman–Crippen MR) is 77.5 cm³/mol. The van der Waals surface area contributed by atoms with E-state index >= 15 is 0 Å². The Balaban J connectivity index is 2.49. The Labute approximate surface area is 118 Å². The highest BCUT2D eigenvalue weighted by Crippen LogP contribution is 2.33. The van der Waals surface area contributed by atoms with Crippen LogP contribution in [-0.4, -0.2) is 11.7 Å². The standard InChI is InChI=1S/C17H19FO2/c1-4-20-15-8-6-5-7-13(15)17(19)16-12(3)9-11(2)10-14(16)18/h5-10,17,19H,4H2,1-3H3. The van der Waals surface area contributed by atoms with Crippen LogP contribution in [0.1, 0.15) is 35.3 Å². The summed E-state index contributed by atoms with van der Waals surface area (Å²) in [7, 11) is 0. The molecule has 2 aromatic carbocycles. The molecule has 1 atom stereocenters. The van der Waals surface area contributed by atoms with Crippen molar-refractivity contribution in [2.75, 3.05) is 6.61 Å². The molecule has 0 heterocycles. The molecule has 0 radical (unpaired) electrons. The van der Waals surface area contributed by atoms with E-state index in [4.69, 9.17) is 4.74 Å². The molecular weight excluding hydrogens is 255 g/mol. The lowest BCUT2D eigenvalue weighted by Crippen LogP contribution is -2.08. The zero-order valence-corrected chi connectivity index (χ0v) is 12.0. The van der Waals surface area contributed by atoms with Gasteiger partial charge in [0.05, 0.1) is 6.61 Å². The zero-order chi connectivity index (χ0) is 14.7. The van der Waals surface area contributed by atoms with Crippen molar-refractivity contribution in [3.63, 3.8) is 0 Å². The highest BCUT2D eigenvalue weighted by molar-refractivity contribution is 5.44. The number of para-hydroxylation sites is 1. The van der Waals surface area contributed by atoms with E-state index in [1.54, 1.807) is 19.1 Å². The molecule has 0 aromatic heterocycles. The minimum absolute atomic E-state index is 0.308. The summed E-state index contributed by atoms with van der Waals surface area (Å²) in [4.78, 5) is 0. The number of hydrogen-bond donors (Lipinski definition) is 1. The Morgan fingerprint density at radius 2 is 1.90 bits per heavy atom. The number of aryl methyl sites for hydroxylation is 2. The van der Waals surface area contributed by atoms with Crippen LogP contribution in [0.2, 0.25) is 0 Å². The largest absolute Gasteiger partial charge is 0.493 e. The van der Waals surface area contributed by atoms with Crippen LogP contribution in [-0.2, 0) is 0 Å². The molecule has 1 unspecified atom stereocenters. The van der Waals surface area contributed by atoms with Crippen molar-refractivity contribution >= 4 is 0 Å². The lowest BCUT2D eigenvalue weighted by atomic mass is 9.95. The van der Waals surface area contributed by atoms with Crippen molar-refractivity contribution in [1.29, 1.82) is 0 Å². The van der Waals surface area contributed by atoms with Crippen molar-refractivity contribution < 1.29 is 14.2 Å². The molecule has 20 heavy (non-hydrogen) atoms. The van der Waals surface area contributed by atoms with Crippen LogP contribution in [0, 0.1) is 19.7 Å². The molecule has 0 fully saturated rings. The summed E-state index contributed by atoms with van der Waals surface area (Å²) in [6.45, 7) is 6.01. The summed E-state index contributed by atoms with van der Waals surface area (Å²) in [5.74, 6) is 0.197. The summed E-state index contributed by atoms with van der Waals surface area (Å²) >= 11 is 0. The van der Waals surface area contributed by atoms with Gasteiger partial charge in [0, 0.05) is 11.1 Å². The van der Waals surface area contributed by atoms with E-state index in [1.807, 2.05) is 32.0 Å². The van der Waals surface area contributed by atoms with Crippen molar-refractivity contribution in [3.05, 3.63) is 64.5 Å². The van der Waals surface area contributed by atoms with Gasteiger partial charge in [-0.25, -0.2) is 4.39 Å². The summed E-state index contributed by atoms with van der Waals surface area (Å²) in [5, 5.41) is 10.5. The first-order chi connectivity index (χ1) is 9.54. The topological polar surface area (TPSA) is 29.5 Å². The fraction of sp³-hybridized carbons (Fsp3) is 0.294. The SMILES string of the molecule is CCOc1ccccc1C(O)c1c(C)cc(C)cc1F. The van der Waals surface area contributed by atoms with Crippen LogP contribution in [0.4, 0.5) is 4.39 Å². The molecule has 0 aliphatic carbocycles. The third-order valence-corrected chi connectivity index (χ3v) is 3.27. The molecule has 1 N–H and O–H groups in total. The van der Waals surface area contributed by atoms with E-state index in [9.17, 15) is 9.50 Å². The highest BCUT2D eigenvalue weighted by Gasteiger charge is 2.21. The molecule has 0 aliphatic rings. The molecule has 0 spiro atoms. The maximum Gasteiger partial charge on any atom is 0.129 e. The van der Waals surface area contributed by atoms with E-state index in [-0.39, 0.29) is 5.82 Å². The van der Waals surface area contributed by atoms with E-state index in [0.717, 1.165) is 11.1 Å². The molecule has 106 valence electrons. The maximum absolute atomic E-state index is 14.2. The van der Waals surface area contributed by atoms with Gasteiger partial charge in [-0.2, -0.15) is 0 Å².